The largest absolute Gasteiger partial charge is 0.348 e. The van der Waals surface area contributed by atoms with Crippen LogP contribution in [0.25, 0.3) is 10.9 Å². The van der Waals surface area contributed by atoms with Crippen molar-refractivity contribution in [1.82, 2.24) is 4.98 Å². The van der Waals surface area contributed by atoms with E-state index in [0.717, 1.165) is 6.07 Å². The molecule has 0 spiro atoms. The summed E-state index contributed by atoms with van der Waals surface area (Å²) in [7, 11) is 0. The van der Waals surface area contributed by atoms with Gasteiger partial charge in [-0.3, -0.25) is 25.2 Å². The van der Waals surface area contributed by atoms with Gasteiger partial charge in [-0.15, -0.1) is 0 Å². The Bertz CT molecular complexity index is 1030. The number of anilines is 2. The van der Waals surface area contributed by atoms with Crippen molar-refractivity contribution in [2.45, 2.75) is 0 Å². The molecule has 0 bridgehead atoms. The maximum Gasteiger partial charge on any atom is 0.301 e. The van der Waals surface area contributed by atoms with Gasteiger partial charge < -0.3 is 5.32 Å². The molecule has 25 heavy (non-hydrogen) atoms. The normalized spacial score (nSPS) is 10.6. The molecule has 0 aliphatic heterocycles. The van der Waals surface area contributed by atoms with Crippen LogP contribution in [-0.4, -0.2) is 14.8 Å². The molecule has 2 aromatic carbocycles. The van der Waals surface area contributed by atoms with Gasteiger partial charge in [-0.1, -0.05) is 23.2 Å². The number of hydrogen-bond donors (Lipinski definition) is 1. The lowest BCUT2D eigenvalue weighted by Crippen LogP contribution is -2.02. The van der Waals surface area contributed by atoms with Crippen molar-refractivity contribution in [3.8, 4) is 0 Å². The number of rotatable bonds is 4. The molecule has 1 aromatic heterocycles. The molecule has 1 heterocycles. The Labute approximate surface area is 150 Å². The number of fused-ring (bicyclic) bond motifs is 1. The minimum Gasteiger partial charge on any atom is -0.348 e. The molecule has 0 aliphatic carbocycles. The summed E-state index contributed by atoms with van der Waals surface area (Å²) in [6, 6.07) is 8.50. The molecule has 0 amide bonds. The second kappa shape index (κ2) is 6.50. The predicted molar refractivity (Wildman–Crippen MR) is 94.8 cm³/mol. The second-order valence-electron chi connectivity index (χ2n) is 4.96. The van der Waals surface area contributed by atoms with Gasteiger partial charge in [-0.2, -0.15) is 0 Å². The molecular formula is C15H8Cl2N4O4. The SMILES string of the molecule is O=[N+]([O-])c1cc([N+](=O)[O-])c2cccnc2c1Nc1ccc(Cl)c(Cl)c1. The topological polar surface area (TPSA) is 111 Å². The molecule has 8 nitrogen and oxygen atoms in total. The molecule has 3 rings (SSSR count). The highest BCUT2D eigenvalue weighted by atomic mass is 35.5. The van der Waals surface area contributed by atoms with Crippen LogP contribution < -0.4 is 5.32 Å². The van der Waals surface area contributed by atoms with E-state index in [0.29, 0.717) is 10.7 Å². The van der Waals surface area contributed by atoms with Gasteiger partial charge in [0, 0.05) is 11.9 Å². The van der Waals surface area contributed by atoms with Crippen LogP contribution in [-0.2, 0) is 0 Å². The highest BCUT2D eigenvalue weighted by molar-refractivity contribution is 6.42. The maximum atomic E-state index is 11.4. The number of pyridine rings is 1. The van der Waals surface area contributed by atoms with E-state index in [2.05, 4.69) is 10.3 Å². The van der Waals surface area contributed by atoms with E-state index < -0.39 is 21.2 Å². The fourth-order valence-electron chi connectivity index (χ4n) is 2.35. The van der Waals surface area contributed by atoms with E-state index in [-0.39, 0.29) is 21.6 Å². The summed E-state index contributed by atoms with van der Waals surface area (Å²) >= 11 is 11.8. The summed E-state index contributed by atoms with van der Waals surface area (Å²) in [6.07, 6.45) is 1.40. The average molecular weight is 379 g/mol. The first-order valence-corrected chi connectivity index (χ1v) is 7.56. The van der Waals surface area contributed by atoms with E-state index in [4.69, 9.17) is 23.2 Å². The standard InChI is InChI=1S/C15H8Cl2N4O4/c16-10-4-3-8(6-11(10)17)19-15-13(21(24)25)7-12(20(22)23)9-2-1-5-18-14(9)15/h1-7,19H. The summed E-state index contributed by atoms with van der Waals surface area (Å²) < 4.78 is 0. The van der Waals surface area contributed by atoms with Crippen LogP contribution in [0.5, 0.6) is 0 Å². The van der Waals surface area contributed by atoms with Crippen LogP contribution in [0.15, 0.2) is 42.6 Å². The number of non-ortho nitro benzene ring substituents is 1. The minimum atomic E-state index is -0.707. The van der Waals surface area contributed by atoms with Gasteiger partial charge in [0.15, 0.2) is 0 Å². The van der Waals surface area contributed by atoms with E-state index in [1.54, 1.807) is 6.07 Å². The van der Waals surface area contributed by atoms with Gasteiger partial charge in [0.1, 0.15) is 11.2 Å². The Kier molecular flexibility index (Phi) is 4.39. The number of nitro benzene ring substituents is 2. The third-order valence-electron chi connectivity index (χ3n) is 3.43. The zero-order chi connectivity index (χ0) is 18.1. The molecule has 0 radical (unpaired) electrons. The number of halogens is 2. The number of nitrogens with zero attached hydrogens (tertiary/aromatic N) is 3. The Morgan fingerprint density at radius 2 is 1.68 bits per heavy atom. The third-order valence-corrected chi connectivity index (χ3v) is 4.17. The van der Waals surface area contributed by atoms with Crippen LogP contribution >= 0.6 is 23.2 Å². The second-order valence-corrected chi connectivity index (χ2v) is 5.77. The Balaban J connectivity index is 2.27. The van der Waals surface area contributed by atoms with Gasteiger partial charge in [0.2, 0.25) is 0 Å². The first kappa shape index (κ1) is 16.9. The van der Waals surface area contributed by atoms with Gasteiger partial charge in [-0.05, 0) is 30.3 Å². The number of nitro groups is 2. The molecular weight excluding hydrogens is 371 g/mol. The van der Waals surface area contributed by atoms with Gasteiger partial charge in [0.25, 0.3) is 5.69 Å². The van der Waals surface area contributed by atoms with Crippen molar-refractivity contribution in [3.63, 3.8) is 0 Å². The first-order chi connectivity index (χ1) is 11.9. The fourth-order valence-corrected chi connectivity index (χ4v) is 2.65. The zero-order valence-electron chi connectivity index (χ0n) is 12.3. The monoisotopic (exact) mass is 378 g/mol. The molecule has 0 atom stereocenters. The summed E-state index contributed by atoms with van der Waals surface area (Å²) in [5, 5.41) is 26.3. The highest BCUT2D eigenvalue weighted by Crippen LogP contribution is 2.40. The van der Waals surface area contributed by atoms with E-state index in [1.165, 1.54) is 30.5 Å². The van der Waals surface area contributed by atoms with Crippen LogP contribution in [0, 0.1) is 20.2 Å². The molecule has 10 heteroatoms. The summed E-state index contributed by atoms with van der Waals surface area (Å²) in [6.45, 7) is 0. The molecule has 1 N–H and O–H groups in total. The zero-order valence-corrected chi connectivity index (χ0v) is 13.8. The molecule has 0 saturated carbocycles. The van der Waals surface area contributed by atoms with Crippen molar-refractivity contribution in [2.75, 3.05) is 5.32 Å². The van der Waals surface area contributed by atoms with Crippen molar-refractivity contribution in [2.24, 2.45) is 0 Å². The lowest BCUT2D eigenvalue weighted by molar-refractivity contribution is -0.392. The molecule has 0 aliphatic rings. The third kappa shape index (κ3) is 3.17. The van der Waals surface area contributed by atoms with Crippen molar-refractivity contribution in [3.05, 3.63) is 72.9 Å². The number of aromatic nitrogens is 1. The lowest BCUT2D eigenvalue weighted by atomic mass is 10.1. The Hall–Kier alpha value is -2.97. The van der Waals surface area contributed by atoms with Crippen LogP contribution in [0.1, 0.15) is 0 Å². The van der Waals surface area contributed by atoms with Crippen molar-refractivity contribution in [1.29, 1.82) is 0 Å². The highest BCUT2D eigenvalue weighted by Gasteiger charge is 2.26. The predicted octanol–water partition coefficient (Wildman–Crippen LogP) is 5.10. The maximum absolute atomic E-state index is 11.4. The summed E-state index contributed by atoms with van der Waals surface area (Å²) in [4.78, 5) is 25.3. The quantitative estimate of drug-likeness (QED) is 0.499. The van der Waals surface area contributed by atoms with E-state index >= 15 is 0 Å². The van der Waals surface area contributed by atoms with Gasteiger partial charge in [0.05, 0.1) is 31.3 Å². The lowest BCUT2D eigenvalue weighted by Gasteiger charge is -2.11. The molecule has 126 valence electrons. The molecule has 3 aromatic rings. The van der Waals surface area contributed by atoms with E-state index in [1.807, 2.05) is 0 Å². The molecule has 0 unspecified atom stereocenters. The Morgan fingerprint density at radius 1 is 0.960 bits per heavy atom. The van der Waals surface area contributed by atoms with E-state index in [9.17, 15) is 20.2 Å². The van der Waals surface area contributed by atoms with Crippen LogP contribution in [0.3, 0.4) is 0 Å². The number of nitrogens with one attached hydrogen (secondary N) is 1. The fraction of sp³-hybridized carbons (Fsp3) is 0. The minimum absolute atomic E-state index is 0.0320. The number of hydrogen-bond acceptors (Lipinski definition) is 6. The smallest absolute Gasteiger partial charge is 0.301 e. The molecule has 0 saturated heterocycles. The number of benzene rings is 2. The van der Waals surface area contributed by atoms with Crippen molar-refractivity contribution < 1.29 is 9.85 Å². The van der Waals surface area contributed by atoms with Gasteiger partial charge >= 0.3 is 5.69 Å². The summed E-state index contributed by atoms with van der Waals surface area (Å²) in [5.74, 6) is 0. The van der Waals surface area contributed by atoms with Crippen molar-refractivity contribution >= 4 is 56.9 Å². The average Bonchev–Trinajstić information content (AvgIpc) is 2.57. The summed E-state index contributed by atoms with van der Waals surface area (Å²) in [5.41, 5.74) is -0.296. The first-order valence-electron chi connectivity index (χ1n) is 6.81. The Morgan fingerprint density at radius 3 is 2.32 bits per heavy atom. The van der Waals surface area contributed by atoms with Crippen LogP contribution in [0.2, 0.25) is 10.0 Å². The molecule has 0 fully saturated rings. The van der Waals surface area contributed by atoms with Gasteiger partial charge in [-0.25, -0.2) is 0 Å². The van der Waals surface area contributed by atoms with Crippen LogP contribution in [0.4, 0.5) is 22.7 Å².